The fraction of sp³-hybridized carbons (Fsp3) is 0.0545. The van der Waals surface area contributed by atoms with Crippen molar-refractivity contribution < 1.29 is 0 Å². The third kappa shape index (κ3) is 4.85. The normalized spacial score (nSPS) is 13.1. The summed E-state index contributed by atoms with van der Waals surface area (Å²) in [6.07, 6.45) is 0. The Bertz CT molecular complexity index is 3160. The molecule has 0 saturated carbocycles. The molecule has 0 amide bonds. The molecule has 10 aromatic rings. The van der Waals surface area contributed by atoms with E-state index in [1.54, 1.807) is 0 Å². The Morgan fingerprint density at radius 2 is 0.818 bits per heavy atom. The van der Waals surface area contributed by atoms with E-state index in [-0.39, 0.29) is 5.41 Å². The molecule has 0 unspecified atom stereocenters. The number of benzene rings is 10. The first-order valence-corrected chi connectivity index (χ1v) is 19.3. The lowest BCUT2D eigenvalue weighted by atomic mass is 9.79. The van der Waals surface area contributed by atoms with Crippen LogP contribution in [0.25, 0.3) is 98.7 Å². The summed E-state index contributed by atoms with van der Waals surface area (Å²) in [4.78, 5) is 0. The molecule has 55 heavy (non-hydrogen) atoms. The Balaban J connectivity index is 1.07. The van der Waals surface area contributed by atoms with E-state index in [4.69, 9.17) is 0 Å². The smallest absolute Gasteiger partial charge is 0.0165 e. The molecule has 0 bridgehead atoms. The molecule has 1 aliphatic carbocycles. The predicted molar refractivity (Wildman–Crippen MR) is 236 cm³/mol. The minimum Gasteiger partial charge on any atom is -0.0622 e. The summed E-state index contributed by atoms with van der Waals surface area (Å²) in [7, 11) is 0. The van der Waals surface area contributed by atoms with Crippen LogP contribution in [0.3, 0.4) is 0 Å². The third-order valence-corrected chi connectivity index (χ3v) is 12.2. The van der Waals surface area contributed by atoms with Gasteiger partial charge in [-0.1, -0.05) is 190 Å². The highest BCUT2D eigenvalue weighted by molar-refractivity contribution is 6.28. The molecule has 258 valence electrons. The van der Waals surface area contributed by atoms with Crippen LogP contribution < -0.4 is 0 Å². The summed E-state index contributed by atoms with van der Waals surface area (Å²) in [5.74, 6) is 0. The van der Waals surface area contributed by atoms with Crippen molar-refractivity contribution in [3.05, 3.63) is 205 Å². The number of fused-ring (bicyclic) bond motifs is 9. The van der Waals surface area contributed by atoms with Gasteiger partial charge < -0.3 is 0 Å². The van der Waals surface area contributed by atoms with Crippen molar-refractivity contribution in [3.63, 3.8) is 0 Å². The Hall–Kier alpha value is -6.76. The van der Waals surface area contributed by atoms with E-state index in [1.165, 1.54) is 110 Å². The van der Waals surface area contributed by atoms with Crippen LogP contribution >= 0.6 is 0 Å². The molecule has 0 heteroatoms. The second kappa shape index (κ2) is 12.1. The SMILES string of the molecule is CC1(C)c2cc(-c3cccc(-c4cccc(-c5c6ccccc6c(-c6ccccc6)c6ccc7ccccc7c56)c4)c3)ccc2-c2ccc3ccccc3c21. The van der Waals surface area contributed by atoms with Gasteiger partial charge in [0, 0.05) is 5.41 Å². The Morgan fingerprint density at radius 3 is 1.55 bits per heavy atom. The van der Waals surface area contributed by atoms with Crippen LogP contribution in [0.5, 0.6) is 0 Å². The number of rotatable bonds is 4. The zero-order chi connectivity index (χ0) is 36.7. The van der Waals surface area contributed by atoms with Crippen molar-refractivity contribution >= 4 is 43.1 Å². The molecule has 0 nitrogen and oxygen atoms in total. The van der Waals surface area contributed by atoms with Gasteiger partial charge in [-0.25, -0.2) is 0 Å². The van der Waals surface area contributed by atoms with Gasteiger partial charge in [-0.15, -0.1) is 0 Å². The Morgan fingerprint density at radius 1 is 0.309 bits per heavy atom. The van der Waals surface area contributed by atoms with Gasteiger partial charge in [0.25, 0.3) is 0 Å². The summed E-state index contributed by atoms with van der Waals surface area (Å²) in [5.41, 5.74) is 15.4. The van der Waals surface area contributed by atoms with Gasteiger partial charge >= 0.3 is 0 Å². The van der Waals surface area contributed by atoms with E-state index in [1.807, 2.05) is 0 Å². The Labute approximate surface area is 322 Å². The molecule has 10 aromatic carbocycles. The molecule has 0 fully saturated rings. The maximum Gasteiger partial charge on any atom is 0.0165 e. The van der Waals surface area contributed by atoms with Crippen LogP contribution in [0.2, 0.25) is 0 Å². The minimum absolute atomic E-state index is 0.0980. The Kier molecular flexibility index (Phi) is 7.00. The standard InChI is InChI=1S/C55H38/c1-55(2)50-34-41(28-29-45(50)48-30-26-36-15-7-9-23-44(36)54(48)55)39-19-12-18-38(32-39)40-20-13-21-42(33-40)52-47-25-11-10-24-46(47)51(37-16-4-3-5-17-37)49-31-27-35-14-6-8-22-43(35)53(49)52/h3-34H,1-2H3. The molecule has 0 spiro atoms. The van der Waals surface area contributed by atoms with E-state index in [9.17, 15) is 0 Å². The highest BCUT2D eigenvalue weighted by atomic mass is 14.4. The number of hydrogen-bond donors (Lipinski definition) is 0. The molecular formula is C55H38. The minimum atomic E-state index is -0.0980. The first-order chi connectivity index (χ1) is 27.0. The van der Waals surface area contributed by atoms with E-state index < -0.39 is 0 Å². The lowest BCUT2D eigenvalue weighted by Crippen LogP contribution is -2.15. The van der Waals surface area contributed by atoms with Crippen molar-refractivity contribution in [2.75, 3.05) is 0 Å². The van der Waals surface area contributed by atoms with Crippen LogP contribution in [0, 0.1) is 0 Å². The summed E-state index contributed by atoms with van der Waals surface area (Å²) in [6.45, 7) is 4.78. The van der Waals surface area contributed by atoms with Gasteiger partial charge in [0.1, 0.15) is 0 Å². The highest BCUT2D eigenvalue weighted by Gasteiger charge is 2.37. The van der Waals surface area contributed by atoms with Crippen molar-refractivity contribution in [2.24, 2.45) is 0 Å². The van der Waals surface area contributed by atoms with E-state index in [0.717, 1.165) is 0 Å². The molecule has 11 rings (SSSR count). The monoisotopic (exact) mass is 698 g/mol. The van der Waals surface area contributed by atoms with Crippen LogP contribution in [-0.2, 0) is 5.41 Å². The van der Waals surface area contributed by atoms with Gasteiger partial charge in [-0.2, -0.15) is 0 Å². The summed E-state index contributed by atoms with van der Waals surface area (Å²) in [5, 5.41) is 10.3. The molecule has 0 aliphatic heterocycles. The number of hydrogen-bond acceptors (Lipinski definition) is 0. The van der Waals surface area contributed by atoms with Gasteiger partial charge in [0.05, 0.1) is 0 Å². The lowest BCUT2D eigenvalue weighted by molar-refractivity contribution is 0.666. The lowest BCUT2D eigenvalue weighted by Gasteiger charge is -2.23. The van der Waals surface area contributed by atoms with Gasteiger partial charge in [0.2, 0.25) is 0 Å². The van der Waals surface area contributed by atoms with Crippen LogP contribution in [0.15, 0.2) is 194 Å². The van der Waals surface area contributed by atoms with Crippen molar-refractivity contribution in [1.82, 2.24) is 0 Å². The average molecular weight is 699 g/mol. The molecule has 0 saturated heterocycles. The first kappa shape index (κ1) is 31.7. The summed E-state index contributed by atoms with van der Waals surface area (Å²) in [6, 6.07) is 72.1. The molecule has 0 aromatic heterocycles. The van der Waals surface area contributed by atoms with Crippen molar-refractivity contribution in [2.45, 2.75) is 19.3 Å². The first-order valence-electron chi connectivity index (χ1n) is 19.3. The molecular weight excluding hydrogens is 661 g/mol. The summed E-state index contributed by atoms with van der Waals surface area (Å²) < 4.78 is 0. The highest BCUT2D eigenvalue weighted by Crippen LogP contribution is 2.52. The molecule has 0 heterocycles. The fourth-order valence-electron chi connectivity index (χ4n) is 9.68. The van der Waals surface area contributed by atoms with Gasteiger partial charge in [0.15, 0.2) is 0 Å². The average Bonchev–Trinajstić information content (AvgIpc) is 3.48. The molecule has 0 atom stereocenters. The predicted octanol–water partition coefficient (Wildman–Crippen LogP) is 15.3. The zero-order valence-corrected chi connectivity index (χ0v) is 31.0. The zero-order valence-electron chi connectivity index (χ0n) is 31.0. The molecule has 0 radical (unpaired) electrons. The van der Waals surface area contributed by atoms with Crippen molar-refractivity contribution in [3.8, 4) is 55.6 Å². The largest absolute Gasteiger partial charge is 0.0622 e. The van der Waals surface area contributed by atoms with Crippen LogP contribution in [0.4, 0.5) is 0 Å². The third-order valence-electron chi connectivity index (χ3n) is 12.2. The van der Waals surface area contributed by atoms with Gasteiger partial charge in [-0.05, 0) is 128 Å². The second-order valence-electron chi connectivity index (χ2n) is 15.6. The van der Waals surface area contributed by atoms with Crippen LogP contribution in [0.1, 0.15) is 25.0 Å². The van der Waals surface area contributed by atoms with E-state index in [0.29, 0.717) is 0 Å². The van der Waals surface area contributed by atoms with Gasteiger partial charge in [-0.3, -0.25) is 0 Å². The summed E-state index contributed by atoms with van der Waals surface area (Å²) >= 11 is 0. The van der Waals surface area contributed by atoms with Crippen LogP contribution in [-0.4, -0.2) is 0 Å². The fourth-order valence-corrected chi connectivity index (χ4v) is 9.68. The second-order valence-corrected chi connectivity index (χ2v) is 15.6. The van der Waals surface area contributed by atoms with E-state index >= 15 is 0 Å². The quantitative estimate of drug-likeness (QED) is 0.127. The molecule has 0 N–H and O–H groups in total. The topological polar surface area (TPSA) is 0 Å². The maximum atomic E-state index is 2.44. The van der Waals surface area contributed by atoms with E-state index in [2.05, 4.69) is 208 Å². The van der Waals surface area contributed by atoms with Crippen molar-refractivity contribution in [1.29, 1.82) is 0 Å². The molecule has 1 aliphatic rings. The maximum absolute atomic E-state index is 2.44.